The Balaban J connectivity index is 1.00. The van der Waals surface area contributed by atoms with E-state index in [1.54, 1.807) is 0 Å². The molecule has 1 aliphatic heterocycles. The molecule has 0 radical (unpaired) electrons. The second kappa shape index (κ2) is 13.2. The molecular weight excluding hydrogens is 663 g/mol. The van der Waals surface area contributed by atoms with Crippen LogP contribution < -0.4 is 0 Å². The van der Waals surface area contributed by atoms with Gasteiger partial charge in [0.1, 0.15) is 0 Å². The van der Waals surface area contributed by atoms with Crippen LogP contribution in [0, 0.1) is 0 Å². The molecule has 8 aromatic carbocycles. The highest BCUT2D eigenvalue weighted by atomic mass is 32.2. The molecule has 53 heavy (non-hydrogen) atoms. The molecule has 4 heteroatoms. The Morgan fingerprint density at radius 1 is 0.283 bits per heavy atom. The number of aromatic nitrogens is 3. The van der Waals surface area contributed by atoms with E-state index in [9.17, 15) is 0 Å². The van der Waals surface area contributed by atoms with E-state index < -0.39 is 0 Å². The van der Waals surface area contributed by atoms with Gasteiger partial charge in [-0.2, -0.15) is 0 Å². The average Bonchev–Trinajstić information content (AvgIpc) is 3.24. The highest BCUT2D eigenvalue weighted by molar-refractivity contribution is 7.99. The van der Waals surface area contributed by atoms with Crippen molar-refractivity contribution in [3.8, 4) is 78.7 Å². The maximum absolute atomic E-state index is 5.04. The molecule has 1 aliphatic rings. The SMILES string of the molecule is c1ccc(-c2ccc(-c3nc(-c4ccccc4)nc(-c4cccc(-c5ccc(-c6ccc7c8c(cccc68)Sc6ccccc6-7)cc5)c4)n3)cc2)cc1. The molecule has 0 amide bonds. The summed E-state index contributed by atoms with van der Waals surface area (Å²) in [6.07, 6.45) is 0. The van der Waals surface area contributed by atoms with Crippen LogP contribution >= 0.6 is 11.8 Å². The van der Waals surface area contributed by atoms with Crippen LogP contribution in [-0.2, 0) is 0 Å². The summed E-state index contributed by atoms with van der Waals surface area (Å²) in [6.45, 7) is 0. The summed E-state index contributed by atoms with van der Waals surface area (Å²) >= 11 is 1.86. The van der Waals surface area contributed by atoms with Gasteiger partial charge in [0.15, 0.2) is 17.5 Å². The molecule has 1 aromatic heterocycles. The second-order valence-corrected chi connectivity index (χ2v) is 14.3. The number of fused-ring (bicyclic) bond motifs is 2. The summed E-state index contributed by atoms with van der Waals surface area (Å²) in [4.78, 5) is 17.6. The number of rotatable bonds is 6. The van der Waals surface area contributed by atoms with E-state index in [0.29, 0.717) is 17.5 Å². The van der Waals surface area contributed by atoms with Crippen molar-refractivity contribution in [1.29, 1.82) is 0 Å². The number of hydrogen-bond acceptors (Lipinski definition) is 4. The minimum absolute atomic E-state index is 0.641. The molecule has 0 saturated heterocycles. The topological polar surface area (TPSA) is 38.7 Å². The van der Waals surface area contributed by atoms with Crippen molar-refractivity contribution < 1.29 is 0 Å². The normalized spacial score (nSPS) is 11.7. The zero-order valence-corrected chi connectivity index (χ0v) is 29.5. The fraction of sp³-hybridized carbons (Fsp3) is 0. The van der Waals surface area contributed by atoms with Gasteiger partial charge in [0.05, 0.1) is 0 Å². The van der Waals surface area contributed by atoms with Crippen molar-refractivity contribution in [2.24, 2.45) is 0 Å². The van der Waals surface area contributed by atoms with Gasteiger partial charge in [-0.25, -0.2) is 15.0 Å². The first-order valence-electron chi connectivity index (χ1n) is 17.8. The van der Waals surface area contributed by atoms with Crippen molar-refractivity contribution in [2.45, 2.75) is 9.79 Å². The Labute approximate surface area is 312 Å². The largest absolute Gasteiger partial charge is 0.208 e. The summed E-state index contributed by atoms with van der Waals surface area (Å²) < 4.78 is 0. The van der Waals surface area contributed by atoms with Gasteiger partial charge in [-0.05, 0) is 68.1 Å². The zero-order chi connectivity index (χ0) is 35.1. The monoisotopic (exact) mass is 693 g/mol. The number of benzene rings is 8. The predicted octanol–water partition coefficient (Wildman–Crippen LogP) is 13.2. The van der Waals surface area contributed by atoms with Crippen LogP contribution in [0.4, 0.5) is 0 Å². The van der Waals surface area contributed by atoms with Crippen molar-refractivity contribution >= 4 is 22.5 Å². The summed E-state index contributed by atoms with van der Waals surface area (Å²) in [7, 11) is 0. The summed E-state index contributed by atoms with van der Waals surface area (Å²) in [5.74, 6) is 1.93. The van der Waals surface area contributed by atoms with E-state index in [0.717, 1.165) is 33.4 Å². The number of nitrogens with zero attached hydrogens (tertiary/aromatic N) is 3. The first-order chi connectivity index (χ1) is 26.2. The summed E-state index contributed by atoms with van der Waals surface area (Å²) in [5.41, 5.74) is 12.5. The minimum atomic E-state index is 0.641. The third-order valence-electron chi connectivity index (χ3n) is 9.97. The van der Waals surface area contributed by atoms with Crippen LogP contribution in [0.3, 0.4) is 0 Å². The lowest BCUT2D eigenvalue weighted by molar-refractivity contribution is 1.07. The first kappa shape index (κ1) is 31.1. The van der Waals surface area contributed by atoms with Crippen molar-refractivity contribution in [3.05, 3.63) is 188 Å². The average molecular weight is 694 g/mol. The Hall–Kier alpha value is -6.62. The molecule has 0 saturated carbocycles. The molecule has 0 bridgehead atoms. The summed E-state index contributed by atoms with van der Waals surface area (Å²) in [6, 6.07) is 66.3. The van der Waals surface area contributed by atoms with E-state index >= 15 is 0 Å². The fourth-order valence-corrected chi connectivity index (χ4v) is 8.44. The van der Waals surface area contributed by atoms with Crippen LogP contribution in [-0.4, -0.2) is 15.0 Å². The zero-order valence-electron chi connectivity index (χ0n) is 28.6. The Kier molecular flexibility index (Phi) is 7.74. The van der Waals surface area contributed by atoms with Gasteiger partial charge in [-0.3, -0.25) is 0 Å². The summed E-state index contributed by atoms with van der Waals surface area (Å²) in [5, 5.41) is 2.62. The maximum atomic E-state index is 5.04. The molecule has 10 rings (SSSR count). The van der Waals surface area contributed by atoms with Gasteiger partial charge in [0.2, 0.25) is 0 Å². The van der Waals surface area contributed by atoms with Gasteiger partial charge >= 0.3 is 0 Å². The predicted molar refractivity (Wildman–Crippen MR) is 220 cm³/mol. The lowest BCUT2D eigenvalue weighted by Crippen LogP contribution is -2.00. The van der Waals surface area contributed by atoms with Crippen molar-refractivity contribution in [2.75, 3.05) is 0 Å². The van der Waals surface area contributed by atoms with E-state index in [-0.39, 0.29) is 0 Å². The van der Waals surface area contributed by atoms with Crippen LogP contribution in [0.5, 0.6) is 0 Å². The molecule has 0 spiro atoms. The fourth-order valence-electron chi connectivity index (χ4n) is 7.30. The standard InChI is InChI=1S/C49H31N3S/c1-3-11-32(12-4-1)33-23-27-37(28-24-33)48-50-47(36-13-5-2-6-14-36)51-49(52-48)39-16-9-15-38(31-39)34-21-25-35(26-22-34)40-29-30-43-41-17-7-8-19-44(41)53-45-20-10-18-42(40)46(43)45/h1-31H. The van der Waals surface area contributed by atoms with E-state index in [4.69, 9.17) is 15.0 Å². The molecule has 0 aliphatic carbocycles. The Morgan fingerprint density at radius 2 is 0.755 bits per heavy atom. The van der Waals surface area contributed by atoms with Gasteiger partial charge in [0.25, 0.3) is 0 Å². The molecule has 3 nitrogen and oxygen atoms in total. The maximum Gasteiger partial charge on any atom is 0.164 e. The second-order valence-electron chi connectivity index (χ2n) is 13.2. The third kappa shape index (κ3) is 5.80. The third-order valence-corrected chi connectivity index (χ3v) is 11.1. The van der Waals surface area contributed by atoms with Crippen molar-refractivity contribution in [3.63, 3.8) is 0 Å². The van der Waals surface area contributed by atoms with E-state index in [2.05, 4.69) is 152 Å². The van der Waals surface area contributed by atoms with Crippen LogP contribution in [0.1, 0.15) is 0 Å². The van der Waals surface area contributed by atoms with Gasteiger partial charge in [-0.15, -0.1) is 0 Å². The first-order valence-corrected chi connectivity index (χ1v) is 18.6. The molecule has 0 unspecified atom stereocenters. The van der Waals surface area contributed by atoms with Crippen LogP contribution in [0.15, 0.2) is 198 Å². The van der Waals surface area contributed by atoms with Gasteiger partial charge in [0, 0.05) is 31.9 Å². The lowest BCUT2D eigenvalue weighted by atomic mass is 9.91. The van der Waals surface area contributed by atoms with Crippen molar-refractivity contribution in [1.82, 2.24) is 15.0 Å². The van der Waals surface area contributed by atoms with Gasteiger partial charge < -0.3 is 0 Å². The highest BCUT2D eigenvalue weighted by Gasteiger charge is 2.20. The van der Waals surface area contributed by atoms with Gasteiger partial charge in [-0.1, -0.05) is 182 Å². The molecule has 2 heterocycles. The smallest absolute Gasteiger partial charge is 0.164 e. The Bertz CT molecular complexity index is 2780. The lowest BCUT2D eigenvalue weighted by Gasteiger charge is -2.21. The molecule has 248 valence electrons. The quantitative estimate of drug-likeness (QED) is 0.174. The molecule has 0 atom stereocenters. The minimum Gasteiger partial charge on any atom is -0.208 e. The Morgan fingerprint density at radius 3 is 1.49 bits per heavy atom. The van der Waals surface area contributed by atoms with Crippen LogP contribution in [0.25, 0.3) is 89.4 Å². The molecule has 0 N–H and O–H groups in total. The van der Waals surface area contributed by atoms with Crippen LogP contribution in [0.2, 0.25) is 0 Å². The van der Waals surface area contributed by atoms with E-state index in [1.807, 2.05) is 48.2 Å². The molecular formula is C49H31N3S. The molecule has 9 aromatic rings. The molecule has 0 fully saturated rings. The number of hydrogen-bond donors (Lipinski definition) is 0. The van der Waals surface area contributed by atoms with E-state index in [1.165, 1.54) is 48.4 Å². The highest BCUT2D eigenvalue weighted by Crippen LogP contribution is 2.49.